The van der Waals surface area contributed by atoms with Crippen LogP contribution in [0.15, 0.2) is 0 Å². The summed E-state index contributed by atoms with van der Waals surface area (Å²) >= 11 is 0. The van der Waals surface area contributed by atoms with Crippen LogP contribution in [0, 0.1) is 11.8 Å². The zero-order valence-corrected chi connectivity index (χ0v) is 13.1. The van der Waals surface area contributed by atoms with Gasteiger partial charge in [0, 0.05) is 19.2 Å². The fourth-order valence-electron chi connectivity index (χ4n) is 1.97. The van der Waals surface area contributed by atoms with E-state index >= 15 is 0 Å². The molecule has 0 spiro atoms. The molecule has 0 heterocycles. The minimum atomic E-state index is 0.272. The Hall–Kier alpha value is -0.120. The molecule has 0 radical (unpaired) electrons. The lowest BCUT2D eigenvalue weighted by Gasteiger charge is -2.28. The third-order valence-electron chi connectivity index (χ3n) is 3.41. The van der Waals surface area contributed by atoms with E-state index in [1.54, 1.807) is 0 Å². The van der Waals surface area contributed by atoms with E-state index in [1.807, 2.05) is 7.05 Å². The molecule has 0 aliphatic rings. The number of likely N-dealkylation sites (N-methyl/N-ethyl adjacent to an activating group) is 1. The summed E-state index contributed by atoms with van der Waals surface area (Å²) in [6.45, 7) is 12.8. The lowest BCUT2D eigenvalue weighted by molar-refractivity contribution is 0.197. The van der Waals surface area contributed by atoms with Gasteiger partial charge in [-0.1, -0.05) is 27.7 Å². The van der Waals surface area contributed by atoms with Gasteiger partial charge in [-0.2, -0.15) is 0 Å². The number of nitrogens with zero attached hydrogens (tertiary/aromatic N) is 1. The second-order valence-corrected chi connectivity index (χ2v) is 6.16. The molecule has 18 heavy (non-hydrogen) atoms. The number of hydrogen-bond acceptors (Lipinski definition) is 3. The summed E-state index contributed by atoms with van der Waals surface area (Å²) in [5, 5.41) is 12.4. The Kier molecular flexibility index (Phi) is 10.7. The van der Waals surface area contributed by atoms with Crippen molar-refractivity contribution in [1.29, 1.82) is 0 Å². The topological polar surface area (TPSA) is 35.5 Å². The summed E-state index contributed by atoms with van der Waals surface area (Å²) < 4.78 is 0. The van der Waals surface area contributed by atoms with Gasteiger partial charge < -0.3 is 15.3 Å². The van der Waals surface area contributed by atoms with E-state index in [9.17, 15) is 0 Å². The Balaban J connectivity index is 4.16. The molecule has 110 valence electrons. The monoisotopic (exact) mass is 258 g/mol. The lowest BCUT2D eigenvalue weighted by atomic mass is 10.1. The SMILES string of the molecule is CNC(CCO)CN(CCC(C)C)CCC(C)C. The van der Waals surface area contributed by atoms with Crippen molar-refractivity contribution in [3.8, 4) is 0 Å². The molecule has 0 rings (SSSR count). The van der Waals surface area contributed by atoms with Crippen molar-refractivity contribution < 1.29 is 5.11 Å². The van der Waals surface area contributed by atoms with Crippen molar-refractivity contribution in [2.75, 3.05) is 33.3 Å². The molecule has 0 aromatic rings. The van der Waals surface area contributed by atoms with Gasteiger partial charge >= 0.3 is 0 Å². The molecule has 2 N–H and O–H groups in total. The molecule has 0 aromatic heterocycles. The van der Waals surface area contributed by atoms with Crippen LogP contribution in [0.4, 0.5) is 0 Å². The fourth-order valence-corrected chi connectivity index (χ4v) is 1.97. The van der Waals surface area contributed by atoms with Gasteiger partial charge in [-0.15, -0.1) is 0 Å². The van der Waals surface area contributed by atoms with Crippen molar-refractivity contribution in [3.63, 3.8) is 0 Å². The molecule has 0 saturated carbocycles. The predicted octanol–water partition coefficient (Wildman–Crippen LogP) is 2.35. The van der Waals surface area contributed by atoms with E-state index < -0.39 is 0 Å². The van der Waals surface area contributed by atoms with Crippen LogP contribution >= 0.6 is 0 Å². The van der Waals surface area contributed by atoms with E-state index in [0.717, 1.165) is 24.8 Å². The van der Waals surface area contributed by atoms with Crippen LogP contribution in [0.5, 0.6) is 0 Å². The van der Waals surface area contributed by atoms with E-state index in [-0.39, 0.29) is 6.61 Å². The molecular weight excluding hydrogens is 224 g/mol. The average Bonchev–Trinajstić information content (AvgIpc) is 2.31. The highest BCUT2D eigenvalue weighted by molar-refractivity contribution is 4.71. The van der Waals surface area contributed by atoms with Crippen LogP contribution in [0.25, 0.3) is 0 Å². The van der Waals surface area contributed by atoms with Crippen molar-refractivity contribution in [2.45, 2.75) is 53.0 Å². The van der Waals surface area contributed by atoms with Gasteiger partial charge in [-0.3, -0.25) is 0 Å². The highest BCUT2D eigenvalue weighted by Crippen LogP contribution is 2.08. The molecule has 0 amide bonds. The van der Waals surface area contributed by atoms with Gasteiger partial charge in [0.05, 0.1) is 0 Å². The maximum atomic E-state index is 9.06. The normalized spacial score (nSPS) is 13.8. The first-order valence-electron chi connectivity index (χ1n) is 7.50. The van der Waals surface area contributed by atoms with Gasteiger partial charge in [-0.05, 0) is 51.2 Å². The number of rotatable bonds is 11. The Bertz CT molecular complexity index is 171. The minimum Gasteiger partial charge on any atom is -0.396 e. The van der Waals surface area contributed by atoms with Crippen LogP contribution in [0.1, 0.15) is 47.0 Å². The third kappa shape index (κ3) is 9.86. The summed E-state index contributed by atoms with van der Waals surface area (Å²) in [5.41, 5.74) is 0. The fraction of sp³-hybridized carbons (Fsp3) is 1.00. The molecule has 0 aliphatic carbocycles. The highest BCUT2D eigenvalue weighted by atomic mass is 16.3. The Labute approximate surface area is 114 Å². The summed E-state index contributed by atoms with van der Waals surface area (Å²) in [5.74, 6) is 1.52. The molecule has 3 nitrogen and oxygen atoms in total. The zero-order valence-electron chi connectivity index (χ0n) is 13.1. The molecule has 0 fully saturated rings. The summed E-state index contributed by atoms with van der Waals surface area (Å²) in [6.07, 6.45) is 3.36. The molecule has 0 saturated heterocycles. The first kappa shape index (κ1) is 17.9. The number of aliphatic hydroxyl groups excluding tert-OH is 1. The molecule has 3 heteroatoms. The standard InChI is InChI=1S/C15H34N2O/c1-13(2)6-9-17(10-7-14(3)4)12-15(16-5)8-11-18/h13-16,18H,6-12H2,1-5H3. The summed E-state index contributed by atoms with van der Waals surface area (Å²) in [7, 11) is 1.99. The summed E-state index contributed by atoms with van der Waals surface area (Å²) in [4.78, 5) is 2.55. The smallest absolute Gasteiger partial charge is 0.0446 e. The van der Waals surface area contributed by atoms with Gasteiger partial charge in [0.15, 0.2) is 0 Å². The van der Waals surface area contributed by atoms with Gasteiger partial charge in [-0.25, -0.2) is 0 Å². The predicted molar refractivity (Wildman–Crippen MR) is 79.9 cm³/mol. The Morgan fingerprint density at radius 1 is 0.944 bits per heavy atom. The molecule has 0 aromatic carbocycles. The Morgan fingerprint density at radius 2 is 1.44 bits per heavy atom. The zero-order chi connectivity index (χ0) is 14.0. The Morgan fingerprint density at radius 3 is 1.78 bits per heavy atom. The number of hydrogen-bond donors (Lipinski definition) is 2. The molecule has 1 unspecified atom stereocenters. The quantitative estimate of drug-likeness (QED) is 0.597. The average molecular weight is 258 g/mol. The maximum absolute atomic E-state index is 9.06. The highest BCUT2D eigenvalue weighted by Gasteiger charge is 2.13. The molecule has 0 aliphatic heterocycles. The van der Waals surface area contributed by atoms with Gasteiger partial charge in [0.25, 0.3) is 0 Å². The first-order chi connectivity index (χ1) is 8.49. The van der Waals surface area contributed by atoms with Crippen LogP contribution in [0.2, 0.25) is 0 Å². The van der Waals surface area contributed by atoms with E-state index in [1.165, 1.54) is 25.9 Å². The second-order valence-electron chi connectivity index (χ2n) is 6.16. The minimum absolute atomic E-state index is 0.272. The number of nitrogens with one attached hydrogen (secondary N) is 1. The van der Waals surface area contributed by atoms with E-state index in [4.69, 9.17) is 5.11 Å². The maximum Gasteiger partial charge on any atom is 0.0446 e. The van der Waals surface area contributed by atoms with Crippen LogP contribution < -0.4 is 5.32 Å². The van der Waals surface area contributed by atoms with Crippen LogP contribution in [-0.2, 0) is 0 Å². The van der Waals surface area contributed by atoms with Gasteiger partial charge in [0.1, 0.15) is 0 Å². The third-order valence-corrected chi connectivity index (χ3v) is 3.41. The molecule has 1 atom stereocenters. The van der Waals surface area contributed by atoms with Crippen LogP contribution in [0.3, 0.4) is 0 Å². The van der Waals surface area contributed by atoms with Crippen molar-refractivity contribution in [1.82, 2.24) is 10.2 Å². The first-order valence-corrected chi connectivity index (χ1v) is 7.50. The van der Waals surface area contributed by atoms with Crippen LogP contribution in [-0.4, -0.2) is 49.3 Å². The lowest BCUT2D eigenvalue weighted by Crippen LogP contribution is -2.41. The van der Waals surface area contributed by atoms with E-state index in [0.29, 0.717) is 6.04 Å². The second kappa shape index (κ2) is 10.8. The summed E-state index contributed by atoms with van der Waals surface area (Å²) in [6, 6.07) is 0.411. The molecular formula is C15H34N2O. The van der Waals surface area contributed by atoms with E-state index in [2.05, 4.69) is 37.9 Å². The van der Waals surface area contributed by atoms with Gasteiger partial charge in [0.2, 0.25) is 0 Å². The van der Waals surface area contributed by atoms with Crippen molar-refractivity contribution >= 4 is 0 Å². The van der Waals surface area contributed by atoms with Crippen molar-refractivity contribution in [2.24, 2.45) is 11.8 Å². The molecule has 0 bridgehead atoms. The van der Waals surface area contributed by atoms with Crippen molar-refractivity contribution in [3.05, 3.63) is 0 Å². The number of aliphatic hydroxyl groups is 1. The largest absolute Gasteiger partial charge is 0.396 e.